The molecule has 2 aromatic carbocycles. The van der Waals surface area contributed by atoms with E-state index in [-0.39, 0.29) is 5.91 Å². The van der Waals surface area contributed by atoms with Crippen molar-refractivity contribution in [1.29, 1.82) is 0 Å². The molecule has 1 heterocycles. The smallest absolute Gasteiger partial charge is 0.224 e. The lowest BCUT2D eigenvalue weighted by Gasteiger charge is -2.06. The minimum Gasteiger partial charge on any atom is -0.494 e. The number of carbonyl (C=O) groups excluding carboxylic acids is 1. The molecule has 0 saturated heterocycles. The minimum atomic E-state index is -0.0794. The van der Waals surface area contributed by atoms with E-state index in [0.717, 1.165) is 17.0 Å². The number of hydrogen-bond donors (Lipinski definition) is 1. The molecule has 5 nitrogen and oxygen atoms in total. The lowest BCUT2D eigenvalue weighted by Crippen LogP contribution is -2.12. The molecule has 1 aromatic heterocycles. The van der Waals surface area contributed by atoms with Crippen LogP contribution >= 0.6 is 0 Å². The first-order valence-corrected chi connectivity index (χ1v) is 8.68. The van der Waals surface area contributed by atoms with Gasteiger partial charge in [-0.05, 0) is 38.1 Å². The van der Waals surface area contributed by atoms with Crippen molar-refractivity contribution >= 4 is 11.6 Å². The summed E-state index contributed by atoms with van der Waals surface area (Å²) in [6.45, 7) is 4.59. The molecule has 0 unspecified atom stereocenters. The van der Waals surface area contributed by atoms with Gasteiger partial charge in [0.25, 0.3) is 0 Å². The predicted molar refractivity (Wildman–Crippen MR) is 101 cm³/mol. The lowest BCUT2D eigenvalue weighted by molar-refractivity contribution is -0.116. The van der Waals surface area contributed by atoms with Crippen molar-refractivity contribution in [3.8, 4) is 17.1 Å². The van der Waals surface area contributed by atoms with E-state index in [1.807, 2.05) is 62.4 Å². The highest BCUT2D eigenvalue weighted by atomic mass is 16.5. The van der Waals surface area contributed by atoms with Gasteiger partial charge >= 0.3 is 0 Å². The highest BCUT2D eigenvalue weighted by Gasteiger charge is 2.09. The molecule has 0 fully saturated rings. The van der Waals surface area contributed by atoms with Crippen LogP contribution in [-0.2, 0) is 11.2 Å². The van der Waals surface area contributed by atoms with Gasteiger partial charge in [0.05, 0.1) is 12.8 Å². The van der Waals surface area contributed by atoms with Crippen LogP contribution in [-0.4, -0.2) is 17.5 Å². The van der Waals surface area contributed by atoms with Crippen LogP contribution < -0.4 is 10.1 Å². The molecule has 3 rings (SSSR count). The molecule has 134 valence electrons. The van der Waals surface area contributed by atoms with Gasteiger partial charge in [-0.2, -0.15) is 0 Å². The summed E-state index contributed by atoms with van der Waals surface area (Å²) in [4.78, 5) is 16.4. The van der Waals surface area contributed by atoms with Gasteiger partial charge in [0.2, 0.25) is 5.91 Å². The molecule has 0 aliphatic carbocycles. The molecule has 26 heavy (non-hydrogen) atoms. The van der Waals surface area contributed by atoms with Crippen molar-refractivity contribution < 1.29 is 13.9 Å². The van der Waals surface area contributed by atoms with E-state index in [0.29, 0.717) is 31.1 Å². The van der Waals surface area contributed by atoms with Crippen molar-refractivity contribution in [3.05, 3.63) is 66.2 Å². The second kappa shape index (κ2) is 8.34. The van der Waals surface area contributed by atoms with E-state index in [1.165, 1.54) is 5.56 Å². The monoisotopic (exact) mass is 350 g/mol. The first-order valence-electron chi connectivity index (χ1n) is 8.68. The molecule has 0 spiro atoms. The van der Waals surface area contributed by atoms with Crippen LogP contribution in [0.4, 0.5) is 5.69 Å². The SMILES string of the molecule is CCOc1ccc(NC(=O)CCc2ncc(-c3ccc(C)cc3)o2)cc1. The molecular formula is C21H22N2O3. The highest BCUT2D eigenvalue weighted by molar-refractivity contribution is 5.90. The van der Waals surface area contributed by atoms with Crippen LogP contribution in [0.15, 0.2) is 59.1 Å². The second-order valence-corrected chi connectivity index (χ2v) is 5.99. The van der Waals surface area contributed by atoms with E-state index in [2.05, 4.69) is 10.3 Å². The maximum absolute atomic E-state index is 12.1. The second-order valence-electron chi connectivity index (χ2n) is 5.99. The zero-order valence-corrected chi connectivity index (χ0v) is 15.0. The molecule has 1 N–H and O–H groups in total. The Morgan fingerprint density at radius 1 is 1.12 bits per heavy atom. The average molecular weight is 350 g/mol. The number of ether oxygens (including phenoxy) is 1. The summed E-state index contributed by atoms with van der Waals surface area (Å²) >= 11 is 0. The zero-order chi connectivity index (χ0) is 18.4. The first kappa shape index (κ1) is 17.7. The summed E-state index contributed by atoms with van der Waals surface area (Å²) in [6.07, 6.45) is 2.46. The molecule has 5 heteroatoms. The van der Waals surface area contributed by atoms with Crippen LogP contribution in [0, 0.1) is 6.92 Å². The third-order valence-corrected chi connectivity index (χ3v) is 3.90. The molecule has 0 radical (unpaired) electrons. The standard InChI is InChI=1S/C21H22N2O3/c1-3-25-18-10-8-17(9-11-18)23-20(24)12-13-21-22-14-19(26-21)16-6-4-15(2)5-7-16/h4-11,14H,3,12-13H2,1-2H3,(H,23,24). The van der Waals surface area contributed by atoms with E-state index in [4.69, 9.17) is 9.15 Å². The van der Waals surface area contributed by atoms with Gasteiger partial charge in [-0.15, -0.1) is 0 Å². The molecule has 0 bridgehead atoms. The summed E-state index contributed by atoms with van der Waals surface area (Å²) in [5.74, 6) is 1.98. The number of nitrogens with one attached hydrogen (secondary N) is 1. The van der Waals surface area contributed by atoms with Gasteiger partial charge in [-0.1, -0.05) is 29.8 Å². The molecule has 0 saturated carbocycles. The van der Waals surface area contributed by atoms with Gasteiger partial charge in [0, 0.05) is 24.1 Å². The maximum Gasteiger partial charge on any atom is 0.224 e. The number of nitrogens with zero attached hydrogens (tertiary/aromatic N) is 1. The number of aryl methyl sites for hydroxylation is 2. The van der Waals surface area contributed by atoms with Crippen LogP contribution in [0.25, 0.3) is 11.3 Å². The number of carbonyl (C=O) groups is 1. The van der Waals surface area contributed by atoms with Crippen molar-refractivity contribution in [2.24, 2.45) is 0 Å². The zero-order valence-electron chi connectivity index (χ0n) is 15.0. The number of rotatable bonds is 7. The number of amides is 1. The third kappa shape index (κ3) is 4.72. The number of oxazole rings is 1. The van der Waals surface area contributed by atoms with E-state index < -0.39 is 0 Å². The van der Waals surface area contributed by atoms with Crippen molar-refractivity contribution in [2.75, 3.05) is 11.9 Å². The Bertz CT molecular complexity index is 852. The van der Waals surface area contributed by atoms with Gasteiger partial charge in [0.1, 0.15) is 5.75 Å². The summed E-state index contributed by atoms with van der Waals surface area (Å²) in [7, 11) is 0. The Hall–Kier alpha value is -3.08. The summed E-state index contributed by atoms with van der Waals surface area (Å²) in [5, 5.41) is 2.86. The Balaban J connectivity index is 1.52. The fraction of sp³-hybridized carbons (Fsp3) is 0.238. The van der Waals surface area contributed by atoms with E-state index in [9.17, 15) is 4.79 Å². The van der Waals surface area contributed by atoms with Crippen molar-refractivity contribution in [1.82, 2.24) is 4.98 Å². The number of hydrogen-bond acceptors (Lipinski definition) is 4. The normalized spacial score (nSPS) is 10.5. The van der Waals surface area contributed by atoms with Crippen molar-refractivity contribution in [3.63, 3.8) is 0 Å². The first-order chi connectivity index (χ1) is 12.6. The summed E-state index contributed by atoms with van der Waals surface area (Å²) in [5.41, 5.74) is 2.92. The lowest BCUT2D eigenvalue weighted by atomic mass is 10.1. The van der Waals surface area contributed by atoms with Gasteiger partial charge < -0.3 is 14.5 Å². The average Bonchev–Trinajstić information content (AvgIpc) is 3.11. The van der Waals surface area contributed by atoms with Crippen LogP contribution in [0.2, 0.25) is 0 Å². The number of benzene rings is 2. The summed E-state index contributed by atoms with van der Waals surface area (Å²) in [6, 6.07) is 15.4. The fourth-order valence-electron chi connectivity index (χ4n) is 2.52. The number of anilines is 1. The largest absolute Gasteiger partial charge is 0.494 e. The highest BCUT2D eigenvalue weighted by Crippen LogP contribution is 2.21. The van der Waals surface area contributed by atoms with Gasteiger partial charge in [-0.25, -0.2) is 4.98 Å². The Labute approximate surface area is 153 Å². The Kier molecular flexibility index (Phi) is 5.69. The molecule has 3 aromatic rings. The molecule has 0 atom stereocenters. The van der Waals surface area contributed by atoms with Crippen LogP contribution in [0.1, 0.15) is 24.8 Å². The van der Waals surface area contributed by atoms with E-state index in [1.54, 1.807) is 6.20 Å². The van der Waals surface area contributed by atoms with Crippen LogP contribution in [0.5, 0.6) is 5.75 Å². The molecule has 1 amide bonds. The molecule has 0 aliphatic rings. The summed E-state index contributed by atoms with van der Waals surface area (Å²) < 4.78 is 11.1. The Morgan fingerprint density at radius 3 is 2.54 bits per heavy atom. The van der Waals surface area contributed by atoms with Crippen molar-refractivity contribution in [2.45, 2.75) is 26.7 Å². The van der Waals surface area contributed by atoms with E-state index >= 15 is 0 Å². The van der Waals surface area contributed by atoms with Gasteiger partial charge in [-0.3, -0.25) is 4.79 Å². The fourth-order valence-corrected chi connectivity index (χ4v) is 2.52. The van der Waals surface area contributed by atoms with Crippen LogP contribution in [0.3, 0.4) is 0 Å². The molecular weight excluding hydrogens is 328 g/mol. The third-order valence-electron chi connectivity index (χ3n) is 3.90. The maximum atomic E-state index is 12.1. The Morgan fingerprint density at radius 2 is 1.85 bits per heavy atom. The quantitative estimate of drug-likeness (QED) is 0.675. The predicted octanol–water partition coefficient (Wildman–Crippen LogP) is 4.62. The minimum absolute atomic E-state index is 0.0794. The topological polar surface area (TPSA) is 64.4 Å². The number of aromatic nitrogens is 1. The van der Waals surface area contributed by atoms with Gasteiger partial charge in [0.15, 0.2) is 11.7 Å². The molecule has 0 aliphatic heterocycles.